The maximum absolute atomic E-state index is 13.8. The summed E-state index contributed by atoms with van der Waals surface area (Å²) in [5.41, 5.74) is -0.795. The molecule has 0 aliphatic carbocycles. The highest BCUT2D eigenvalue weighted by Gasteiger charge is 2.31. The van der Waals surface area contributed by atoms with E-state index in [4.69, 9.17) is 16.7 Å². The fourth-order valence-corrected chi connectivity index (χ4v) is 3.29. The van der Waals surface area contributed by atoms with Gasteiger partial charge < -0.3 is 5.11 Å². The number of nitro groups is 1. The monoisotopic (exact) mass is 354 g/mol. The number of aliphatic carboxylic acids is 1. The molecule has 0 amide bonds. The number of rotatable bonds is 6. The van der Waals surface area contributed by atoms with Gasteiger partial charge in [-0.2, -0.15) is 4.72 Å². The summed E-state index contributed by atoms with van der Waals surface area (Å²) in [4.78, 5) is 19.7. The van der Waals surface area contributed by atoms with Crippen LogP contribution in [0.1, 0.15) is 13.8 Å². The normalized spacial score (nSPS) is 13.1. The fourth-order valence-electron chi connectivity index (χ4n) is 1.57. The standard InChI is InChI=1S/C11H12ClFN2O6S/c1-5(2)10(11(16)17)14-22(20,21)9-3-6(12)8(15(18)19)4-7(9)13/h3-5,10,14H,1-2H3,(H,16,17)/t10-/m1/s1. The molecule has 0 aliphatic rings. The van der Waals surface area contributed by atoms with E-state index in [9.17, 15) is 27.7 Å². The van der Waals surface area contributed by atoms with Crippen molar-refractivity contribution in [1.82, 2.24) is 4.72 Å². The Morgan fingerprint density at radius 2 is 2.00 bits per heavy atom. The summed E-state index contributed by atoms with van der Waals surface area (Å²) in [5, 5.41) is 19.0. The summed E-state index contributed by atoms with van der Waals surface area (Å²) in [6.45, 7) is 2.92. The van der Waals surface area contributed by atoms with Crippen molar-refractivity contribution >= 4 is 33.3 Å². The lowest BCUT2D eigenvalue weighted by Crippen LogP contribution is -2.44. The zero-order chi connectivity index (χ0) is 17.2. The number of hydrogen-bond donors (Lipinski definition) is 2. The molecule has 22 heavy (non-hydrogen) atoms. The number of nitrogens with zero attached hydrogens (tertiary/aromatic N) is 1. The van der Waals surface area contributed by atoms with E-state index in [1.165, 1.54) is 13.8 Å². The maximum Gasteiger partial charge on any atom is 0.322 e. The van der Waals surface area contributed by atoms with Crippen molar-refractivity contribution in [3.05, 3.63) is 33.1 Å². The molecule has 122 valence electrons. The van der Waals surface area contributed by atoms with Gasteiger partial charge in [0.15, 0.2) is 0 Å². The molecular formula is C11H12ClFN2O6S. The number of hydrogen-bond acceptors (Lipinski definition) is 5. The average molecular weight is 355 g/mol. The molecule has 8 nitrogen and oxygen atoms in total. The lowest BCUT2D eigenvalue weighted by molar-refractivity contribution is -0.384. The quantitative estimate of drug-likeness (QED) is 0.592. The number of carboxylic acids is 1. The van der Waals surface area contributed by atoms with Crippen molar-refractivity contribution in [1.29, 1.82) is 0 Å². The second kappa shape index (κ2) is 6.55. The first-order valence-electron chi connectivity index (χ1n) is 5.86. The van der Waals surface area contributed by atoms with Crippen LogP contribution in [-0.2, 0) is 14.8 Å². The van der Waals surface area contributed by atoms with E-state index in [0.29, 0.717) is 12.1 Å². The van der Waals surface area contributed by atoms with Crippen LogP contribution in [0.15, 0.2) is 17.0 Å². The van der Waals surface area contributed by atoms with E-state index >= 15 is 0 Å². The highest BCUT2D eigenvalue weighted by Crippen LogP contribution is 2.29. The number of benzene rings is 1. The summed E-state index contributed by atoms with van der Waals surface area (Å²) < 4.78 is 39.8. The predicted molar refractivity (Wildman–Crippen MR) is 74.6 cm³/mol. The molecule has 0 aliphatic heterocycles. The number of halogens is 2. The van der Waals surface area contributed by atoms with Crippen molar-refractivity contribution in [3.8, 4) is 0 Å². The highest BCUT2D eigenvalue weighted by molar-refractivity contribution is 7.89. The van der Waals surface area contributed by atoms with E-state index in [0.717, 1.165) is 0 Å². The Labute approximate surface area is 130 Å². The molecule has 0 saturated heterocycles. The van der Waals surface area contributed by atoms with Gasteiger partial charge in [0.1, 0.15) is 21.8 Å². The predicted octanol–water partition coefficient (Wildman–Crippen LogP) is 1.77. The maximum atomic E-state index is 13.8. The van der Waals surface area contributed by atoms with Crippen molar-refractivity contribution in [2.75, 3.05) is 0 Å². The van der Waals surface area contributed by atoms with Gasteiger partial charge in [-0.3, -0.25) is 14.9 Å². The minimum atomic E-state index is -4.56. The number of nitro benzene ring substituents is 1. The lowest BCUT2D eigenvalue weighted by atomic mass is 10.1. The molecule has 0 unspecified atom stereocenters. The van der Waals surface area contributed by atoms with Gasteiger partial charge in [0.25, 0.3) is 5.69 Å². The van der Waals surface area contributed by atoms with E-state index in [1.54, 1.807) is 0 Å². The number of sulfonamides is 1. The van der Waals surface area contributed by atoms with Gasteiger partial charge in [-0.1, -0.05) is 25.4 Å². The molecular weight excluding hydrogens is 343 g/mol. The van der Waals surface area contributed by atoms with Crippen LogP contribution in [0, 0.1) is 21.8 Å². The largest absolute Gasteiger partial charge is 0.480 e. The van der Waals surface area contributed by atoms with E-state index in [1.807, 2.05) is 4.72 Å². The number of carbonyl (C=O) groups is 1. The van der Waals surface area contributed by atoms with Gasteiger partial charge in [-0.05, 0) is 12.0 Å². The van der Waals surface area contributed by atoms with Crippen LogP contribution in [0.4, 0.5) is 10.1 Å². The third-order valence-corrected chi connectivity index (χ3v) is 4.46. The summed E-state index contributed by atoms with van der Waals surface area (Å²) in [6.07, 6.45) is 0. The SMILES string of the molecule is CC(C)[C@@H](NS(=O)(=O)c1cc(Cl)c([N+](=O)[O-])cc1F)C(=O)O. The van der Waals surface area contributed by atoms with Crippen LogP contribution < -0.4 is 4.72 Å². The minimum Gasteiger partial charge on any atom is -0.480 e. The molecule has 1 aromatic carbocycles. The topological polar surface area (TPSA) is 127 Å². The molecule has 1 aromatic rings. The van der Waals surface area contributed by atoms with Gasteiger partial charge in [0, 0.05) is 0 Å². The van der Waals surface area contributed by atoms with Gasteiger partial charge >= 0.3 is 5.97 Å². The van der Waals surface area contributed by atoms with Gasteiger partial charge in [-0.15, -0.1) is 0 Å². The van der Waals surface area contributed by atoms with Crippen LogP contribution in [0.25, 0.3) is 0 Å². The first-order valence-corrected chi connectivity index (χ1v) is 7.72. The molecule has 0 saturated carbocycles. The smallest absolute Gasteiger partial charge is 0.322 e. The van der Waals surface area contributed by atoms with E-state index < -0.39 is 54.3 Å². The average Bonchev–Trinajstić information content (AvgIpc) is 2.37. The molecule has 0 aromatic heterocycles. The third-order valence-electron chi connectivity index (χ3n) is 2.70. The zero-order valence-corrected chi connectivity index (χ0v) is 13.0. The molecule has 1 atom stereocenters. The van der Waals surface area contributed by atoms with Crippen molar-refractivity contribution in [3.63, 3.8) is 0 Å². The molecule has 0 heterocycles. The first-order chi connectivity index (χ1) is 9.97. The molecule has 1 rings (SSSR count). The second-order valence-corrected chi connectivity index (χ2v) is 6.76. The molecule has 11 heteroatoms. The highest BCUT2D eigenvalue weighted by atomic mass is 35.5. The summed E-state index contributed by atoms with van der Waals surface area (Å²) in [7, 11) is -4.56. The Bertz CT molecular complexity index is 722. The van der Waals surface area contributed by atoms with Crippen LogP contribution in [0.3, 0.4) is 0 Å². The lowest BCUT2D eigenvalue weighted by Gasteiger charge is -2.18. The molecule has 0 bridgehead atoms. The molecule has 0 spiro atoms. The zero-order valence-electron chi connectivity index (χ0n) is 11.4. The van der Waals surface area contributed by atoms with Crippen molar-refractivity contribution in [2.24, 2.45) is 5.92 Å². The third kappa shape index (κ3) is 3.90. The van der Waals surface area contributed by atoms with Gasteiger partial charge in [0.05, 0.1) is 11.0 Å². The van der Waals surface area contributed by atoms with Crippen molar-refractivity contribution in [2.45, 2.75) is 24.8 Å². The van der Waals surface area contributed by atoms with Crippen LogP contribution in [0.2, 0.25) is 5.02 Å². The molecule has 0 radical (unpaired) electrons. The van der Waals surface area contributed by atoms with Crippen LogP contribution in [-0.4, -0.2) is 30.5 Å². The Morgan fingerprint density at radius 3 is 2.41 bits per heavy atom. The van der Waals surface area contributed by atoms with E-state index in [2.05, 4.69) is 0 Å². The molecule has 2 N–H and O–H groups in total. The summed E-state index contributed by atoms with van der Waals surface area (Å²) in [6, 6.07) is -0.558. The van der Waals surface area contributed by atoms with Gasteiger partial charge in [-0.25, -0.2) is 12.8 Å². The Hall–Kier alpha value is -1.78. The van der Waals surface area contributed by atoms with Crippen LogP contribution in [0.5, 0.6) is 0 Å². The summed E-state index contributed by atoms with van der Waals surface area (Å²) >= 11 is 5.55. The number of nitrogens with one attached hydrogen (secondary N) is 1. The second-order valence-electron chi connectivity index (χ2n) is 4.67. The summed E-state index contributed by atoms with van der Waals surface area (Å²) in [5.74, 6) is -3.45. The van der Waals surface area contributed by atoms with E-state index in [-0.39, 0.29) is 0 Å². The van der Waals surface area contributed by atoms with Gasteiger partial charge in [0.2, 0.25) is 10.0 Å². The first kappa shape index (κ1) is 18.3. The molecule has 0 fully saturated rings. The Balaban J connectivity index is 3.32. The Morgan fingerprint density at radius 1 is 1.45 bits per heavy atom. The Kier molecular flexibility index (Phi) is 5.44. The van der Waals surface area contributed by atoms with Crippen LogP contribution >= 0.6 is 11.6 Å². The van der Waals surface area contributed by atoms with Crippen molar-refractivity contribution < 1.29 is 27.6 Å². The number of carboxylic acid groups (broad SMARTS) is 1. The minimum absolute atomic E-state index is 0.363. The fraction of sp³-hybridized carbons (Fsp3) is 0.364.